The number of hydrogen-bond donors (Lipinski definition) is 1. The molecule has 0 heterocycles. The molecule has 1 N–H and O–H groups in total. The zero-order valence-corrected chi connectivity index (χ0v) is 19.7. The molecule has 172 valence electrons. The molecule has 0 spiro atoms. The lowest BCUT2D eigenvalue weighted by Crippen LogP contribution is -2.34. The maximum Gasteiger partial charge on any atom is 0.345 e. The van der Waals surface area contributed by atoms with Gasteiger partial charge in [0.1, 0.15) is 5.75 Å². The summed E-state index contributed by atoms with van der Waals surface area (Å²) in [5, 5.41) is 9.06. The molecule has 0 radical (unpaired) electrons. The summed E-state index contributed by atoms with van der Waals surface area (Å²) in [5.41, 5.74) is 3.62. The molecule has 5 nitrogen and oxygen atoms in total. The van der Waals surface area contributed by atoms with Gasteiger partial charge in [0.25, 0.3) is 0 Å². The van der Waals surface area contributed by atoms with Crippen LogP contribution in [0, 0.1) is 0 Å². The summed E-state index contributed by atoms with van der Waals surface area (Å²) in [5.74, 6) is -1.23. The largest absolute Gasteiger partial charge is 0.478 e. The molecule has 0 aromatic heterocycles. The van der Waals surface area contributed by atoms with Crippen molar-refractivity contribution in [3.05, 3.63) is 64.7 Å². The summed E-state index contributed by atoms with van der Waals surface area (Å²) >= 11 is 0. The summed E-state index contributed by atoms with van der Waals surface area (Å²) in [6.45, 7) is 11.6. The van der Waals surface area contributed by atoms with E-state index < -0.39 is 18.0 Å². The Labute approximate surface area is 190 Å². The molecule has 1 aliphatic rings. The van der Waals surface area contributed by atoms with Crippen molar-refractivity contribution in [2.24, 2.45) is 0 Å². The highest BCUT2D eigenvalue weighted by atomic mass is 16.6. The van der Waals surface area contributed by atoms with E-state index in [1.165, 1.54) is 35.4 Å². The molecular weight excluding hydrogens is 404 g/mol. The fourth-order valence-corrected chi connectivity index (χ4v) is 4.25. The molecule has 0 saturated heterocycles. The SMILES string of the molecule is CCCCO[C@H](C(=O)Oc1ccc(C(=O)O)cc1)c1ccc2c(c1)C(C)(C)CCC2(C)C. The zero-order chi connectivity index (χ0) is 23.5. The van der Waals surface area contributed by atoms with Gasteiger partial charge in [0.15, 0.2) is 6.10 Å². The van der Waals surface area contributed by atoms with E-state index in [2.05, 4.69) is 46.8 Å². The first-order valence-corrected chi connectivity index (χ1v) is 11.4. The van der Waals surface area contributed by atoms with Crippen molar-refractivity contribution in [3.63, 3.8) is 0 Å². The van der Waals surface area contributed by atoms with Crippen LogP contribution in [0.15, 0.2) is 42.5 Å². The van der Waals surface area contributed by atoms with Gasteiger partial charge in [-0.1, -0.05) is 59.2 Å². The van der Waals surface area contributed by atoms with Crippen molar-refractivity contribution >= 4 is 11.9 Å². The predicted molar refractivity (Wildman–Crippen MR) is 124 cm³/mol. The molecule has 5 heteroatoms. The van der Waals surface area contributed by atoms with Crippen LogP contribution in [-0.4, -0.2) is 23.7 Å². The maximum atomic E-state index is 13.1. The molecule has 1 aliphatic carbocycles. The van der Waals surface area contributed by atoms with Crippen LogP contribution in [0.5, 0.6) is 5.75 Å². The predicted octanol–water partition coefficient (Wildman–Crippen LogP) is 6.20. The van der Waals surface area contributed by atoms with Crippen molar-refractivity contribution in [1.82, 2.24) is 0 Å². The summed E-state index contributed by atoms with van der Waals surface area (Å²) in [6.07, 6.45) is 3.17. The Kier molecular flexibility index (Phi) is 7.09. The number of benzene rings is 2. The number of rotatable bonds is 8. The molecule has 0 unspecified atom stereocenters. The number of carbonyl (C=O) groups is 2. The summed E-state index contributed by atoms with van der Waals surface area (Å²) in [7, 11) is 0. The lowest BCUT2D eigenvalue weighted by Gasteiger charge is -2.42. The number of carbonyl (C=O) groups excluding carboxylic acids is 1. The second-order valence-electron chi connectivity index (χ2n) is 9.93. The third-order valence-corrected chi connectivity index (χ3v) is 6.50. The van der Waals surface area contributed by atoms with Crippen LogP contribution in [0.25, 0.3) is 0 Å². The van der Waals surface area contributed by atoms with Gasteiger partial charge in [0, 0.05) is 6.61 Å². The highest BCUT2D eigenvalue weighted by molar-refractivity contribution is 5.88. The number of esters is 1. The third kappa shape index (κ3) is 5.21. The fraction of sp³-hybridized carbons (Fsp3) is 0.481. The van der Waals surface area contributed by atoms with E-state index >= 15 is 0 Å². The molecule has 3 rings (SSSR count). The first-order chi connectivity index (χ1) is 15.0. The first kappa shape index (κ1) is 24.0. The Balaban J connectivity index is 1.91. The minimum Gasteiger partial charge on any atom is -0.478 e. The standard InChI is InChI=1S/C27H34O5/c1-6-7-16-31-23(25(30)32-20-11-8-18(9-12-20)24(28)29)19-10-13-21-22(17-19)27(4,5)15-14-26(21,2)3/h8-13,17,23H,6-7,14-16H2,1-5H3,(H,28,29)/t23-/m0/s1. The second kappa shape index (κ2) is 9.45. The zero-order valence-electron chi connectivity index (χ0n) is 19.7. The molecule has 2 aromatic rings. The fourth-order valence-electron chi connectivity index (χ4n) is 4.25. The molecule has 0 bridgehead atoms. The molecule has 0 amide bonds. The number of ether oxygens (including phenoxy) is 2. The van der Waals surface area contributed by atoms with Crippen molar-refractivity contribution in [2.45, 2.75) is 77.2 Å². The Morgan fingerprint density at radius 2 is 1.59 bits per heavy atom. The van der Waals surface area contributed by atoms with Crippen LogP contribution in [0.3, 0.4) is 0 Å². The topological polar surface area (TPSA) is 72.8 Å². The van der Waals surface area contributed by atoms with Gasteiger partial charge in [-0.3, -0.25) is 0 Å². The smallest absolute Gasteiger partial charge is 0.345 e. The van der Waals surface area contributed by atoms with Gasteiger partial charge in [-0.2, -0.15) is 0 Å². The van der Waals surface area contributed by atoms with Crippen LogP contribution in [0.2, 0.25) is 0 Å². The van der Waals surface area contributed by atoms with Gasteiger partial charge in [-0.25, -0.2) is 9.59 Å². The van der Waals surface area contributed by atoms with E-state index in [-0.39, 0.29) is 16.4 Å². The van der Waals surface area contributed by atoms with Gasteiger partial charge in [0.05, 0.1) is 5.56 Å². The van der Waals surface area contributed by atoms with E-state index in [0.717, 1.165) is 31.2 Å². The van der Waals surface area contributed by atoms with E-state index in [4.69, 9.17) is 14.6 Å². The van der Waals surface area contributed by atoms with Crippen LogP contribution in [0.4, 0.5) is 0 Å². The Hall–Kier alpha value is -2.66. The van der Waals surface area contributed by atoms with Gasteiger partial charge < -0.3 is 14.6 Å². The molecule has 2 aromatic carbocycles. The van der Waals surface area contributed by atoms with E-state index in [1.807, 2.05) is 6.07 Å². The quantitative estimate of drug-likeness (QED) is 0.302. The van der Waals surface area contributed by atoms with Crippen molar-refractivity contribution in [1.29, 1.82) is 0 Å². The minimum absolute atomic E-state index is 0.0192. The lowest BCUT2D eigenvalue weighted by atomic mass is 9.63. The average Bonchev–Trinajstić information content (AvgIpc) is 2.75. The maximum absolute atomic E-state index is 13.1. The number of hydrogen-bond acceptors (Lipinski definition) is 4. The lowest BCUT2D eigenvalue weighted by molar-refractivity contribution is -0.148. The Morgan fingerprint density at radius 1 is 0.969 bits per heavy atom. The number of unbranched alkanes of at least 4 members (excludes halogenated alkanes) is 1. The minimum atomic E-state index is -1.02. The summed E-state index contributed by atoms with van der Waals surface area (Å²) < 4.78 is 11.6. The van der Waals surface area contributed by atoms with Gasteiger partial charge >= 0.3 is 11.9 Å². The van der Waals surface area contributed by atoms with Crippen LogP contribution in [-0.2, 0) is 20.4 Å². The second-order valence-corrected chi connectivity index (χ2v) is 9.93. The molecule has 1 atom stereocenters. The van der Waals surface area contributed by atoms with Crippen LogP contribution in [0.1, 0.15) is 93.5 Å². The highest BCUT2D eigenvalue weighted by Crippen LogP contribution is 2.46. The number of fused-ring (bicyclic) bond motifs is 1. The van der Waals surface area contributed by atoms with Crippen molar-refractivity contribution in [3.8, 4) is 5.75 Å². The Bertz CT molecular complexity index is 972. The third-order valence-electron chi connectivity index (χ3n) is 6.50. The van der Waals surface area contributed by atoms with E-state index in [0.29, 0.717) is 12.4 Å². The normalized spacial score (nSPS) is 17.3. The highest BCUT2D eigenvalue weighted by Gasteiger charge is 2.38. The van der Waals surface area contributed by atoms with Gasteiger partial charge in [0.2, 0.25) is 0 Å². The molecular formula is C27H34O5. The average molecular weight is 439 g/mol. The number of carboxylic acids is 1. The van der Waals surface area contributed by atoms with Crippen LogP contribution >= 0.6 is 0 Å². The summed E-state index contributed by atoms with van der Waals surface area (Å²) in [4.78, 5) is 24.2. The molecule has 0 fully saturated rings. The first-order valence-electron chi connectivity index (χ1n) is 11.4. The number of aromatic carboxylic acids is 1. The monoisotopic (exact) mass is 438 g/mol. The molecule has 0 saturated carbocycles. The molecule has 0 aliphatic heterocycles. The van der Waals surface area contributed by atoms with Crippen molar-refractivity contribution in [2.75, 3.05) is 6.61 Å². The van der Waals surface area contributed by atoms with Crippen molar-refractivity contribution < 1.29 is 24.2 Å². The van der Waals surface area contributed by atoms with E-state index in [1.54, 1.807) is 0 Å². The molecule has 32 heavy (non-hydrogen) atoms. The van der Waals surface area contributed by atoms with Gasteiger partial charge in [-0.05, 0) is 71.0 Å². The van der Waals surface area contributed by atoms with Gasteiger partial charge in [-0.15, -0.1) is 0 Å². The summed E-state index contributed by atoms with van der Waals surface area (Å²) in [6, 6.07) is 12.0. The van der Waals surface area contributed by atoms with Crippen LogP contribution < -0.4 is 4.74 Å². The number of carboxylic acid groups (broad SMARTS) is 1. The Morgan fingerprint density at radius 3 is 2.19 bits per heavy atom. The van der Waals surface area contributed by atoms with E-state index in [9.17, 15) is 9.59 Å².